The van der Waals surface area contributed by atoms with E-state index in [1.807, 2.05) is 0 Å². The average molecular weight is 258 g/mol. The van der Waals surface area contributed by atoms with E-state index in [2.05, 4.69) is 63.9 Å². The number of nitrogens with one attached hydrogen (secondary N) is 1. The van der Waals surface area contributed by atoms with Crippen LogP contribution in [0.5, 0.6) is 0 Å². The Morgan fingerprint density at radius 2 is 2.05 bits per heavy atom. The van der Waals surface area contributed by atoms with E-state index in [-0.39, 0.29) is 5.41 Å². The third kappa shape index (κ3) is 4.25. The Morgan fingerprint density at radius 1 is 1.37 bits per heavy atom. The molecule has 0 fully saturated rings. The van der Waals surface area contributed by atoms with E-state index in [0.29, 0.717) is 6.54 Å². The molecule has 1 aromatic rings. The molecule has 3 N–H and O–H groups in total. The van der Waals surface area contributed by atoms with Gasteiger partial charge in [0.1, 0.15) is 0 Å². The van der Waals surface area contributed by atoms with Gasteiger partial charge >= 0.3 is 0 Å². The summed E-state index contributed by atoms with van der Waals surface area (Å²) in [5.74, 6) is 0. The number of allylic oxidation sites excluding steroid dienone is 2. The van der Waals surface area contributed by atoms with Crippen LogP contribution in [-0.2, 0) is 12.0 Å². The minimum Gasteiger partial charge on any atom is -0.362 e. The van der Waals surface area contributed by atoms with E-state index in [0.717, 1.165) is 17.7 Å². The maximum absolute atomic E-state index is 5.76. The van der Waals surface area contributed by atoms with E-state index >= 15 is 0 Å². The summed E-state index contributed by atoms with van der Waals surface area (Å²) in [6, 6.07) is 6.35. The molecule has 0 bridgehead atoms. The SMILES string of the molecule is C=CNc1ccc(CN)cc1C(C)(C)CC=C(C)C. The summed E-state index contributed by atoms with van der Waals surface area (Å²) in [5.41, 5.74) is 10.7. The van der Waals surface area contributed by atoms with Gasteiger partial charge in [-0.05, 0) is 49.1 Å². The number of benzene rings is 1. The number of rotatable bonds is 6. The summed E-state index contributed by atoms with van der Waals surface area (Å²) in [5, 5.41) is 3.22. The molecule has 1 aromatic carbocycles. The molecule has 0 heterocycles. The molecule has 0 saturated heterocycles. The van der Waals surface area contributed by atoms with E-state index in [1.54, 1.807) is 6.20 Å². The molecular formula is C17H26N2. The fourth-order valence-electron chi connectivity index (χ4n) is 2.08. The first-order valence-electron chi connectivity index (χ1n) is 6.75. The van der Waals surface area contributed by atoms with Crippen LogP contribution in [0.3, 0.4) is 0 Å². The van der Waals surface area contributed by atoms with Crippen LogP contribution in [0.15, 0.2) is 42.6 Å². The second-order valence-electron chi connectivity index (χ2n) is 5.80. The predicted molar refractivity (Wildman–Crippen MR) is 85.2 cm³/mol. The summed E-state index contributed by atoms with van der Waals surface area (Å²) in [4.78, 5) is 0. The second kappa shape index (κ2) is 6.58. The van der Waals surface area contributed by atoms with Crippen molar-refractivity contribution in [3.8, 4) is 0 Å². The van der Waals surface area contributed by atoms with Gasteiger partial charge in [0, 0.05) is 12.2 Å². The van der Waals surface area contributed by atoms with Crippen LogP contribution in [0.25, 0.3) is 0 Å². The summed E-state index contributed by atoms with van der Waals surface area (Å²) < 4.78 is 0. The van der Waals surface area contributed by atoms with E-state index in [4.69, 9.17) is 5.73 Å². The Balaban J connectivity index is 3.19. The number of anilines is 1. The highest BCUT2D eigenvalue weighted by atomic mass is 14.8. The van der Waals surface area contributed by atoms with Gasteiger partial charge in [-0.2, -0.15) is 0 Å². The fourth-order valence-corrected chi connectivity index (χ4v) is 2.08. The zero-order chi connectivity index (χ0) is 14.5. The summed E-state index contributed by atoms with van der Waals surface area (Å²) in [6.45, 7) is 13.1. The van der Waals surface area contributed by atoms with Gasteiger partial charge in [-0.25, -0.2) is 0 Å². The third-order valence-electron chi connectivity index (χ3n) is 3.33. The van der Waals surface area contributed by atoms with Gasteiger partial charge in [-0.1, -0.05) is 44.2 Å². The predicted octanol–water partition coefficient (Wildman–Crippen LogP) is 4.33. The van der Waals surface area contributed by atoms with Gasteiger partial charge in [0.25, 0.3) is 0 Å². The molecule has 1 rings (SSSR count). The van der Waals surface area contributed by atoms with Crippen LogP contribution in [-0.4, -0.2) is 0 Å². The molecule has 19 heavy (non-hydrogen) atoms. The molecule has 0 atom stereocenters. The maximum atomic E-state index is 5.76. The van der Waals surface area contributed by atoms with E-state index in [9.17, 15) is 0 Å². The average Bonchev–Trinajstić information content (AvgIpc) is 2.37. The maximum Gasteiger partial charge on any atom is 0.0417 e. The zero-order valence-electron chi connectivity index (χ0n) is 12.6. The highest BCUT2D eigenvalue weighted by molar-refractivity contribution is 5.57. The standard InChI is InChI=1S/C17H26N2/c1-6-19-16-8-7-14(12-18)11-15(16)17(4,5)10-9-13(2)3/h6-9,11,19H,1,10,12,18H2,2-5H3. The van der Waals surface area contributed by atoms with Crippen LogP contribution in [0.4, 0.5) is 5.69 Å². The van der Waals surface area contributed by atoms with Crippen molar-refractivity contribution in [3.05, 3.63) is 53.8 Å². The molecule has 104 valence electrons. The van der Waals surface area contributed by atoms with E-state index in [1.165, 1.54) is 11.1 Å². The van der Waals surface area contributed by atoms with Gasteiger partial charge in [0.05, 0.1) is 0 Å². The first-order valence-corrected chi connectivity index (χ1v) is 6.75. The molecular weight excluding hydrogens is 232 g/mol. The summed E-state index contributed by atoms with van der Waals surface area (Å²) >= 11 is 0. The van der Waals surface area contributed by atoms with Crippen LogP contribution in [0.2, 0.25) is 0 Å². The minimum atomic E-state index is 0.0633. The van der Waals surface area contributed by atoms with Gasteiger partial charge < -0.3 is 11.1 Å². The Bertz CT molecular complexity index is 466. The Kier molecular flexibility index (Phi) is 5.37. The topological polar surface area (TPSA) is 38.0 Å². The van der Waals surface area contributed by atoms with Gasteiger partial charge in [0.2, 0.25) is 0 Å². The molecule has 0 aliphatic heterocycles. The Labute approximate surface area is 117 Å². The molecule has 2 heteroatoms. The largest absolute Gasteiger partial charge is 0.362 e. The molecule has 0 spiro atoms. The van der Waals surface area contributed by atoms with Crippen LogP contribution in [0.1, 0.15) is 45.2 Å². The van der Waals surface area contributed by atoms with Crippen LogP contribution in [0, 0.1) is 0 Å². The van der Waals surface area contributed by atoms with Crippen molar-refractivity contribution in [1.29, 1.82) is 0 Å². The Morgan fingerprint density at radius 3 is 2.58 bits per heavy atom. The molecule has 0 unspecified atom stereocenters. The fraction of sp³-hybridized carbons (Fsp3) is 0.412. The van der Waals surface area contributed by atoms with Crippen molar-refractivity contribution >= 4 is 5.69 Å². The van der Waals surface area contributed by atoms with Crippen LogP contribution < -0.4 is 11.1 Å². The van der Waals surface area contributed by atoms with Crippen molar-refractivity contribution in [2.24, 2.45) is 5.73 Å². The summed E-state index contributed by atoms with van der Waals surface area (Å²) in [6.07, 6.45) is 5.01. The summed E-state index contributed by atoms with van der Waals surface area (Å²) in [7, 11) is 0. The third-order valence-corrected chi connectivity index (χ3v) is 3.33. The van der Waals surface area contributed by atoms with Crippen molar-refractivity contribution in [2.75, 3.05) is 5.32 Å². The smallest absolute Gasteiger partial charge is 0.0417 e. The van der Waals surface area contributed by atoms with E-state index < -0.39 is 0 Å². The molecule has 0 aliphatic rings. The number of hydrogen-bond donors (Lipinski definition) is 2. The lowest BCUT2D eigenvalue weighted by molar-refractivity contribution is 0.533. The lowest BCUT2D eigenvalue weighted by Gasteiger charge is -2.27. The van der Waals surface area contributed by atoms with Gasteiger partial charge in [-0.3, -0.25) is 0 Å². The highest BCUT2D eigenvalue weighted by Gasteiger charge is 2.22. The quantitative estimate of drug-likeness (QED) is 0.745. The number of hydrogen-bond acceptors (Lipinski definition) is 2. The Hall–Kier alpha value is -1.54. The first-order chi connectivity index (χ1) is 8.90. The monoisotopic (exact) mass is 258 g/mol. The van der Waals surface area contributed by atoms with Crippen molar-refractivity contribution in [1.82, 2.24) is 0 Å². The molecule has 2 nitrogen and oxygen atoms in total. The van der Waals surface area contributed by atoms with Crippen molar-refractivity contribution < 1.29 is 0 Å². The minimum absolute atomic E-state index is 0.0633. The molecule has 0 amide bonds. The van der Waals surface area contributed by atoms with Gasteiger partial charge in [0.15, 0.2) is 0 Å². The van der Waals surface area contributed by atoms with Gasteiger partial charge in [-0.15, -0.1) is 0 Å². The lowest BCUT2D eigenvalue weighted by atomic mass is 9.79. The lowest BCUT2D eigenvalue weighted by Crippen LogP contribution is -2.18. The second-order valence-corrected chi connectivity index (χ2v) is 5.80. The molecule has 0 aliphatic carbocycles. The van der Waals surface area contributed by atoms with Crippen LogP contribution >= 0.6 is 0 Å². The highest BCUT2D eigenvalue weighted by Crippen LogP contribution is 2.34. The first kappa shape index (κ1) is 15.5. The molecule has 0 saturated carbocycles. The number of nitrogens with two attached hydrogens (primary N) is 1. The molecule has 0 radical (unpaired) electrons. The van der Waals surface area contributed by atoms with Crippen molar-refractivity contribution in [2.45, 2.75) is 46.1 Å². The molecule has 0 aromatic heterocycles. The zero-order valence-corrected chi connectivity index (χ0v) is 12.6. The van der Waals surface area contributed by atoms with Crippen molar-refractivity contribution in [3.63, 3.8) is 0 Å². The normalized spacial score (nSPS) is 11.0.